The van der Waals surface area contributed by atoms with Gasteiger partial charge in [-0.1, -0.05) is 208 Å². The Kier molecular flexibility index (Phi) is 26.3. The molecule has 6 N–H and O–H groups in total. The summed E-state index contributed by atoms with van der Waals surface area (Å²) in [5.41, 5.74) is 15.0. The number of fused-ring (bicyclic) bond motifs is 3. The number of phenols is 4. The first-order chi connectivity index (χ1) is 46.0. The average molecular weight is 1460 g/mol. The first-order valence-electron chi connectivity index (χ1n) is 35.7. The van der Waals surface area contributed by atoms with Crippen molar-refractivity contribution in [3.63, 3.8) is 0 Å². The van der Waals surface area contributed by atoms with E-state index in [0.717, 1.165) is 86.3 Å². The molecule has 0 aromatic heterocycles. The van der Waals surface area contributed by atoms with E-state index in [0.29, 0.717) is 30.1 Å². The first-order valence-corrected chi connectivity index (χ1v) is 38.9. The molecule has 0 spiro atoms. The molecule has 0 radical (unpaired) electrons. The van der Waals surface area contributed by atoms with Gasteiger partial charge in [0.15, 0.2) is 0 Å². The zero-order chi connectivity index (χ0) is 76.5. The molecule has 7 rings (SSSR count). The number of rotatable bonds is 22. The third-order valence-corrected chi connectivity index (χ3v) is 23.5. The second kappa shape index (κ2) is 31.5. The maximum absolute atomic E-state index is 13.2. The SMILES string of the molecule is CC(CC(=O)OCC1c2ccccc2-c2ccccc21)C(=O)OCCC(C)(C)c1cc(SC(C)(C)Sc2cc(C(C)(C)C)c(O)c(C(C)(C)C)c2)cc(C(C)(C)C)c1O.CC(N)C(=O)OCCC(C)(C)c1cc(SC(C)(C)Sc2cc(C(C)(C)C)c(O)c(C(C)(C)C)c2)cc(C(C)(C)C)c1O. The normalized spacial score (nSPS) is 14.1. The number of aromatic hydroxyl groups is 4. The summed E-state index contributed by atoms with van der Waals surface area (Å²) in [4.78, 5) is 42.4. The third-order valence-electron chi connectivity index (χ3n) is 18.7. The zero-order valence-electron chi connectivity index (χ0n) is 66.2. The van der Waals surface area contributed by atoms with E-state index in [-0.39, 0.29) is 78.6 Å². The van der Waals surface area contributed by atoms with Crippen molar-refractivity contribution in [3.8, 4) is 34.1 Å². The highest BCUT2D eigenvalue weighted by atomic mass is 32.2. The molecule has 11 nitrogen and oxygen atoms in total. The Bertz CT molecular complexity index is 3830. The molecule has 554 valence electrons. The molecule has 15 heteroatoms. The fourth-order valence-electron chi connectivity index (χ4n) is 12.7. The number of carbonyl (C=O) groups is 3. The van der Waals surface area contributed by atoms with Crippen LogP contribution in [0.2, 0.25) is 0 Å². The molecular formula is C86H121NO10S4. The van der Waals surface area contributed by atoms with Crippen LogP contribution < -0.4 is 5.73 Å². The van der Waals surface area contributed by atoms with E-state index < -0.39 is 40.7 Å². The molecule has 0 saturated carbocycles. The number of ether oxygens (including phenoxy) is 3. The van der Waals surface area contributed by atoms with Gasteiger partial charge in [0, 0.05) is 70.0 Å². The van der Waals surface area contributed by atoms with Crippen LogP contribution in [-0.4, -0.2) is 72.4 Å². The van der Waals surface area contributed by atoms with Crippen LogP contribution in [0.4, 0.5) is 0 Å². The molecule has 1 aliphatic rings. The Labute approximate surface area is 624 Å². The van der Waals surface area contributed by atoms with Gasteiger partial charge in [-0.2, -0.15) is 0 Å². The smallest absolute Gasteiger partial charge is 0.322 e. The van der Waals surface area contributed by atoms with Gasteiger partial charge < -0.3 is 40.4 Å². The molecule has 0 saturated heterocycles. The highest BCUT2D eigenvalue weighted by Gasteiger charge is 2.37. The molecule has 0 bridgehead atoms. The highest BCUT2D eigenvalue weighted by molar-refractivity contribution is 8.18. The summed E-state index contributed by atoms with van der Waals surface area (Å²) in [6.07, 6.45) is 0.951. The minimum absolute atomic E-state index is 0.0460. The standard InChI is InChI=1S/C51H66O6S2.C35H55NO4S2/c1-31(25-43(52)57-30-38-36-21-17-15-19-34(36)35-20-16-18-22-37(35)38)46(55)56-24-23-50(11,12)42-29-33(28-41(45(42)54)49(8,9)10)59-51(13,14)58-32-26-39(47(2,3)4)44(53)40(27-32)48(5,6)7;1-21(36)30(39)40-16-15-34(11,12)27-20-23(19-26(29(27)38)33(8,9)10)42-35(13,14)41-22-17-24(31(2,3)4)28(37)25(18-22)32(5,6)7/h15-22,26-29,31,38,53-54H,23-25,30H2,1-14H3;17-21,37-38H,15-16,36H2,1-14H3. The van der Waals surface area contributed by atoms with E-state index in [4.69, 9.17) is 19.9 Å². The highest BCUT2D eigenvalue weighted by Crippen LogP contribution is 2.54. The molecule has 101 heavy (non-hydrogen) atoms. The van der Waals surface area contributed by atoms with Crippen LogP contribution in [0.15, 0.2) is 117 Å². The van der Waals surface area contributed by atoms with E-state index in [9.17, 15) is 34.8 Å². The number of esters is 3. The third kappa shape index (κ3) is 21.9. The van der Waals surface area contributed by atoms with Crippen molar-refractivity contribution in [1.82, 2.24) is 0 Å². The van der Waals surface area contributed by atoms with E-state index in [2.05, 4.69) is 253 Å². The van der Waals surface area contributed by atoms with Crippen LogP contribution in [0, 0.1) is 5.92 Å². The van der Waals surface area contributed by atoms with Gasteiger partial charge >= 0.3 is 17.9 Å². The van der Waals surface area contributed by atoms with Gasteiger partial charge in [0.05, 0.1) is 33.7 Å². The summed E-state index contributed by atoms with van der Waals surface area (Å²) in [5, 5.41) is 45.8. The van der Waals surface area contributed by atoms with Crippen molar-refractivity contribution in [3.05, 3.63) is 153 Å². The van der Waals surface area contributed by atoms with Crippen molar-refractivity contribution in [1.29, 1.82) is 0 Å². The average Bonchev–Trinajstić information content (AvgIpc) is 1.45. The first kappa shape index (κ1) is 84.2. The summed E-state index contributed by atoms with van der Waals surface area (Å²) < 4.78 is 16.3. The van der Waals surface area contributed by atoms with Gasteiger partial charge in [-0.3, -0.25) is 14.4 Å². The quantitative estimate of drug-likeness (QED) is 0.0187. The summed E-state index contributed by atoms with van der Waals surface area (Å²) in [5.74, 6) is -0.701. The lowest BCUT2D eigenvalue weighted by molar-refractivity contribution is -0.155. The lowest BCUT2D eigenvalue weighted by Gasteiger charge is -2.32. The second-order valence-corrected chi connectivity index (χ2v) is 43.4. The monoisotopic (exact) mass is 1460 g/mol. The topological polar surface area (TPSA) is 186 Å². The summed E-state index contributed by atoms with van der Waals surface area (Å²) >= 11 is 7.05. The van der Waals surface area contributed by atoms with Crippen molar-refractivity contribution in [2.24, 2.45) is 11.7 Å². The minimum atomic E-state index is -0.666. The Morgan fingerprint density at radius 2 is 0.653 bits per heavy atom. The summed E-state index contributed by atoms with van der Waals surface area (Å²) in [7, 11) is 0. The Hall–Kier alpha value is -5.71. The number of phenolic OH excluding ortho intramolecular Hbond substituents is 4. The van der Waals surface area contributed by atoms with Gasteiger partial charge in [-0.05, 0) is 162 Å². The van der Waals surface area contributed by atoms with Crippen molar-refractivity contribution >= 4 is 65.0 Å². The molecule has 6 aromatic rings. The van der Waals surface area contributed by atoms with Crippen molar-refractivity contribution < 1.29 is 49.0 Å². The second-order valence-electron chi connectivity index (χ2n) is 36.1. The largest absolute Gasteiger partial charge is 0.507 e. The van der Waals surface area contributed by atoms with E-state index >= 15 is 0 Å². The van der Waals surface area contributed by atoms with Crippen molar-refractivity contribution in [2.45, 2.75) is 296 Å². The van der Waals surface area contributed by atoms with Crippen LogP contribution in [0.25, 0.3) is 11.1 Å². The van der Waals surface area contributed by atoms with Crippen LogP contribution in [0.3, 0.4) is 0 Å². The number of hydrogen-bond donors (Lipinski definition) is 5. The Morgan fingerprint density at radius 1 is 0.396 bits per heavy atom. The van der Waals surface area contributed by atoms with Gasteiger partial charge in [0.2, 0.25) is 0 Å². The molecule has 6 aromatic carbocycles. The van der Waals surface area contributed by atoms with Crippen LogP contribution >= 0.6 is 47.0 Å². The Morgan fingerprint density at radius 3 is 0.931 bits per heavy atom. The molecule has 0 fully saturated rings. The van der Waals surface area contributed by atoms with Crippen LogP contribution in [-0.2, 0) is 71.9 Å². The molecule has 0 amide bonds. The molecule has 1 aliphatic carbocycles. The molecule has 0 heterocycles. The number of benzene rings is 6. The van der Waals surface area contributed by atoms with E-state index in [1.54, 1.807) is 60.9 Å². The molecule has 2 unspecified atom stereocenters. The maximum Gasteiger partial charge on any atom is 0.322 e. The number of carbonyl (C=O) groups excluding carboxylic acids is 3. The number of nitrogens with two attached hydrogens (primary N) is 1. The summed E-state index contributed by atoms with van der Waals surface area (Å²) in [6, 6.07) is 32.6. The lowest BCUT2D eigenvalue weighted by Crippen LogP contribution is -2.30. The van der Waals surface area contributed by atoms with Gasteiger partial charge in [-0.15, -0.1) is 47.0 Å². The zero-order valence-corrected chi connectivity index (χ0v) is 69.4. The van der Waals surface area contributed by atoms with Crippen LogP contribution in [0.5, 0.6) is 23.0 Å². The molecular weight excluding hydrogens is 1340 g/mol. The van der Waals surface area contributed by atoms with Gasteiger partial charge in [0.25, 0.3) is 0 Å². The van der Waals surface area contributed by atoms with E-state index in [1.807, 2.05) is 24.3 Å². The van der Waals surface area contributed by atoms with E-state index in [1.165, 1.54) is 0 Å². The maximum atomic E-state index is 13.2. The summed E-state index contributed by atoms with van der Waals surface area (Å²) in [6.45, 7) is 59.2. The number of thioether (sulfide) groups is 4. The Balaban J connectivity index is 0.000000338. The fraction of sp³-hybridized carbons (Fsp3) is 0.547. The minimum Gasteiger partial charge on any atom is -0.507 e. The lowest BCUT2D eigenvalue weighted by atomic mass is 9.77. The predicted octanol–water partition coefficient (Wildman–Crippen LogP) is 22.4. The van der Waals surface area contributed by atoms with Gasteiger partial charge in [-0.25, -0.2) is 0 Å². The van der Waals surface area contributed by atoms with Crippen molar-refractivity contribution in [2.75, 3.05) is 19.8 Å². The number of hydrogen-bond acceptors (Lipinski definition) is 15. The molecule has 0 aliphatic heterocycles. The fourth-order valence-corrected chi connectivity index (χ4v) is 17.8. The van der Waals surface area contributed by atoms with Gasteiger partial charge in [0.1, 0.15) is 35.6 Å². The van der Waals surface area contributed by atoms with Crippen LogP contribution in [0.1, 0.15) is 275 Å². The predicted molar refractivity (Wildman–Crippen MR) is 426 cm³/mol. The molecule has 2 atom stereocenters.